The van der Waals surface area contributed by atoms with Crippen LogP contribution in [0.4, 0.5) is 0 Å². The molecule has 1 aliphatic heterocycles. The number of nitrogens with zero attached hydrogens (tertiary/aromatic N) is 2. The van der Waals surface area contributed by atoms with Gasteiger partial charge in [0, 0.05) is 33.0 Å². The van der Waals surface area contributed by atoms with E-state index >= 15 is 0 Å². The van der Waals surface area contributed by atoms with Gasteiger partial charge in [-0.3, -0.25) is 9.78 Å². The first-order valence-corrected chi connectivity index (χ1v) is 4.89. The first-order chi connectivity index (χ1) is 7.29. The third-order valence-corrected chi connectivity index (χ3v) is 2.56. The molecular weight excluding hydrogens is 192 g/mol. The smallest absolute Gasteiger partial charge is 0.222 e. The van der Waals surface area contributed by atoms with Crippen molar-refractivity contribution in [3.05, 3.63) is 30.1 Å². The Morgan fingerprint density at radius 3 is 2.73 bits per heavy atom. The molecule has 1 aromatic heterocycles. The molecule has 2 heterocycles. The monoisotopic (exact) mass is 208 g/mol. The number of hydrogen-bond acceptors (Lipinski definition) is 3. The third-order valence-electron chi connectivity index (χ3n) is 2.56. The maximum atomic E-state index is 11.3. The van der Waals surface area contributed by atoms with Gasteiger partial charge in [0.1, 0.15) is 0 Å². The standard InChI is InChI=1S/C10H12N2O.CH4O/c1-12-9(4-5-10(12)13)8-3-2-6-11-7-8;1-2/h2-3,6-7,9H,4-5H2,1H3;2H,1H3. The number of aliphatic hydroxyl groups is 1. The maximum absolute atomic E-state index is 11.3. The number of aromatic nitrogens is 1. The van der Waals surface area contributed by atoms with Crippen molar-refractivity contribution in [2.45, 2.75) is 18.9 Å². The van der Waals surface area contributed by atoms with Crippen molar-refractivity contribution in [1.82, 2.24) is 9.88 Å². The molecule has 0 aromatic carbocycles. The van der Waals surface area contributed by atoms with Crippen LogP contribution in [0.3, 0.4) is 0 Å². The van der Waals surface area contributed by atoms with Gasteiger partial charge in [-0.2, -0.15) is 0 Å². The minimum absolute atomic E-state index is 0.230. The first kappa shape index (κ1) is 11.7. The second-order valence-corrected chi connectivity index (χ2v) is 3.35. The third kappa shape index (κ3) is 2.53. The van der Waals surface area contributed by atoms with E-state index in [0.717, 1.165) is 19.1 Å². The van der Waals surface area contributed by atoms with Crippen LogP contribution in [0.2, 0.25) is 0 Å². The van der Waals surface area contributed by atoms with E-state index in [1.54, 1.807) is 11.1 Å². The predicted molar refractivity (Wildman–Crippen MR) is 57.1 cm³/mol. The Kier molecular flexibility index (Phi) is 4.24. The van der Waals surface area contributed by atoms with Crippen molar-refractivity contribution in [2.75, 3.05) is 14.2 Å². The molecule has 1 aliphatic rings. The summed E-state index contributed by atoms with van der Waals surface area (Å²) in [5.41, 5.74) is 1.14. The van der Waals surface area contributed by atoms with E-state index < -0.39 is 0 Å². The number of carbonyl (C=O) groups excluding carboxylic acids is 1. The highest BCUT2D eigenvalue weighted by Gasteiger charge is 2.28. The van der Waals surface area contributed by atoms with E-state index in [1.807, 2.05) is 25.4 Å². The highest BCUT2D eigenvalue weighted by molar-refractivity contribution is 5.78. The van der Waals surface area contributed by atoms with Crippen molar-refractivity contribution >= 4 is 5.91 Å². The summed E-state index contributed by atoms with van der Waals surface area (Å²) in [4.78, 5) is 17.1. The van der Waals surface area contributed by atoms with Gasteiger partial charge in [0.05, 0.1) is 6.04 Å². The Morgan fingerprint density at radius 1 is 1.53 bits per heavy atom. The highest BCUT2D eigenvalue weighted by atomic mass is 16.2. The molecule has 15 heavy (non-hydrogen) atoms. The molecule has 2 rings (SSSR count). The van der Waals surface area contributed by atoms with E-state index in [1.165, 1.54) is 0 Å². The zero-order chi connectivity index (χ0) is 11.3. The van der Waals surface area contributed by atoms with Gasteiger partial charge in [0.15, 0.2) is 0 Å². The van der Waals surface area contributed by atoms with Crippen molar-refractivity contribution in [2.24, 2.45) is 0 Å². The summed E-state index contributed by atoms with van der Waals surface area (Å²) in [6.07, 6.45) is 5.16. The summed E-state index contributed by atoms with van der Waals surface area (Å²) in [5.74, 6) is 0.230. The number of likely N-dealkylation sites (tertiary alicyclic amines) is 1. The van der Waals surface area contributed by atoms with Gasteiger partial charge < -0.3 is 10.0 Å². The molecule has 1 N–H and O–H groups in total. The van der Waals surface area contributed by atoms with E-state index in [4.69, 9.17) is 5.11 Å². The van der Waals surface area contributed by atoms with Crippen molar-refractivity contribution in [3.8, 4) is 0 Å². The zero-order valence-electron chi connectivity index (χ0n) is 9.05. The molecule has 0 radical (unpaired) electrons. The molecule has 1 amide bonds. The van der Waals surface area contributed by atoms with Gasteiger partial charge in [-0.25, -0.2) is 0 Å². The molecule has 0 saturated carbocycles. The van der Waals surface area contributed by atoms with Crippen LogP contribution in [0.5, 0.6) is 0 Å². The van der Waals surface area contributed by atoms with Crippen molar-refractivity contribution in [3.63, 3.8) is 0 Å². The van der Waals surface area contributed by atoms with Crippen molar-refractivity contribution in [1.29, 1.82) is 0 Å². The molecule has 4 heteroatoms. The predicted octanol–water partition coefficient (Wildman–Crippen LogP) is 0.983. The van der Waals surface area contributed by atoms with Crippen LogP contribution in [0, 0.1) is 0 Å². The van der Waals surface area contributed by atoms with Crippen LogP contribution in [0.15, 0.2) is 24.5 Å². The second-order valence-electron chi connectivity index (χ2n) is 3.35. The van der Waals surface area contributed by atoms with Crippen LogP contribution in [0.1, 0.15) is 24.4 Å². The van der Waals surface area contributed by atoms with Crippen molar-refractivity contribution < 1.29 is 9.90 Å². The number of pyridine rings is 1. The summed E-state index contributed by atoms with van der Waals surface area (Å²) in [5, 5.41) is 7.00. The fourth-order valence-electron chi connectivity index (χ4n) is 1.77. The Morgan fingerprint density at radius 2 is 2.27 bits per heavy atom. The van der Waals surface area contributed by atoms with Crippen LogP contribution < -0.4 is 0 Å². The lowest BCUT2D eigenvalue weighted by Gasteiger charge is -2.19. The molecule has 82 valence electrons. The van der Waals surface area contributed by atoms with Crippen LogP contribution in [0.25, 0.3) is 0 Å². The van der Waals surface area contributed by atoms with Gasteiger partial charge in [0.2, 0.25) is 5.91 Å². The molecule has 1 fully saturated rings. The van der Waals surface area contributed by atoms with Crippen LogP contribution in [-0.2, 0) is 4.79 Å². The average molecular weight is 208 g/mol. The highest BCUT2D eigenvalue weighted by Crippen LogP contribution is 2.30. The molecular formula is C11H16N2O2. The molecule has 1 unspecified atom stereocenters. The maximum Gasteiger partial charge on any atom is 0.222 e. The Balaban J connectivity index is 0.000000531. The fourth-order valence-corrected chi connectivity index (χ4v) is 1.77. The number of amides is 1. The van der Waals surface area contributed by atoms with Gasteiger partial charge in [-0.15, -0.1) is 0 Å². The Bertz CT molecular complexity index is 314. The Hall–Kier alpha value is -1.42. The van der Waals surface area contributed by atoms with E-state index in [2.05, 4.69) is 4.98 Å². The Labute approximate surface area is 89.6 Å². The topological polar surface area (TPSA) is 53.4 Å². The van der Waals surface area contributed by atoms with Gasteiger partial charge in [-0.1, -0.05) is 6.07 Å². The largest absolute Gasteiger partial charge is 0.400 e. The lowest BCUT2D eigenvalue weighted by Crippen LogP contribution is -2.22. The quantitative estimate of drug-likeness (QED) is 0.748. The number of hydrogen-bond donors (Lipinski definition) is 1. The molecule has 0 spiro atoms. The first-order valence-electron chi connectivity index (χ1n) is 4.89. The SMILES string of the molecule is CN1C(=O)CCC1c1cccnc1.CO. The summed E-state index contributed by atoms with van der Waals surface area (Å²) < 4.78 is 0. The zero-order valence-corrected chi connectivity index (χ0v) is 9.05. The summed E-state index contributed by atoms with van der Waals surface area (Å²) in [6, 6.07) is 4.17. The molecule has 1 atom stereocenters. The molecule has 1 saturated heterocycles. The summed E-state index contributed by atoms with van der Waals surface area (Å²) in [6.45, 7) is 0. The lowest BCUT2D eigenvalue weighted by atomic mass is 10.1. The van der Waals surface area contributed by atoms with E-state index in [0.29, 0.717) is 6.42 Å². The second kappa shape index (κ2) is 5.46. The van der Waals surface area contributed by atoms with Crippen LogP contribution in [-0.4, -0.2) is 35.1 Å². The van der Waals surface area contributed by atoms with E-state index in [9.17, 15) is 4.79 Å². The number of aliphatic hydroxyl groups excluding tert-OH is 1. The lowest BCUT2D eigenvalue weighted by molar-refractivity contribution is -0.127. The molecule has 0 aliphatic carbocycles. The minimum Gasteiger partial charge on any atom is -0.400 e. The fraction of sp³-hybridized carbons (Fsp3) is 0.455. The minimum atomic E-state index is 0.230. The van der Waals surface area contributed by atoms with Gasteiger partial charge in [0.25, 0.3) is 0 Å². The summed E-state index contributed by atoms with van der Waals surface area (Å²) >= 11 is 0. The summed E-state index contributed by atoms with van der Waals surface area (Å²) in [7, 11) is 2.85. The molecule has 0 bridgehead atoms. The van der Waals surface area contributed by atoms with Gasteiger partial charge in [-0.05, 0) is 18.1 Å². The number of rotatable bonds is 1. The van der Waals surface area contributed by atoms with Crippen LogP contribution >= 0.6 is 0 Å². The molecule has 1 aromatic rings. The number of carbonyl (C=O) groups is 1. The van der Waals surface area contributed by atoms with Gasteiger partial charge >= 0.3 is 0 Å². The molecule has 4 nitrogen and oxygen atoms in total. The normalized spacial score (nSPS) is 19.8. The average Bonchev–Trinajstić information content (AvgIpc) is 2.64. The van der Waals surface area contributed by atoms with E-state index in [-0.39, 0.29) is 11.9 Å².